The second-order valence-electron chi connectivity index (χ2n) is 6.58. The van der Waals surface area contributed by atoms with Crippen LogP contribution in [0.5, 0.6) is 0 Å². The molecule has 1 amide bonds. The van der Waals surface area contributed by atoms with Gasteiger partial charge in [0.2, 0.25) is 5.91 Å². The smallest absolute Gasteiger partial charge is 0.275 e. The molecule has 26 heavy (non-hydrogen) atoms. The molecule has 1 aromatic carbocycles. The number of rotatable bonds is 3. The Hall–Kier alpha value is -3.02. The summed E-state index contributed by atoms with van der Waals surface area (Å²) in [6.07, 6.45) is 8.16. The SMILES string of the molecule is O=C(Cn1ncc2ccccc2c1=O)N1CCCCC1c1cccnc1. The summed E-state index contributed by atoms with van der Waals surface area (Å²) in [6, 6.07) is 11.2. The maximum Gasteiger partial charge on any atom is 0.275 e. The van der Waals surface area contributed by atoms with Gasteiger partial charge in [-0.1, -0.05) is 24.3 Å². The van der Waals surface area contributed by atoms with Gasteiger partial charge in [-0.3, -0.25) is 14.6 Å². The Morgan fingerprint density at radius 1 is 1.12 bits per heavy atom. The summed E-state index contributed by atoms with van der Waals surface area (Å²) >= 11 is 0. The van der Waals surface area contributed by atoms with Crippen LogP contribution in [0.1, 0.15) is 30.9 Å². The Kier molecular flexibility index (Phi) is 4.48. The summed E-state index contributed by atoms with van der Waals surface area (Å²) < 4.78 is 1.26. The van der Waals surface area contributed by atoms with Crippen LogP contribution in [0.2, 0.25) is 0 Å². The molecule has 0 bridgehead atoms. The van der Waals surface area contributed by atoms with Gasteiger partial charge in [0.1, 0.15) is 6.54 Å². The van der Waals surface area contributed by atoms with Crippen LogP contribution < -0.4 is 5.56 Å². The molecule has 1 atom stereocenters. The average Bonchev–Trinajstić information content (AvgIpc) is 2.71. The third-order valence-electron chi connectivity index (χ3n) is 4.94. The number of benzene rings is 1. The van der Waals surface area contributed by atoms with Crippen molar-refractivity contribution in [2.45, 2.75) is 31.8 Å². The minimum Gasteiger partial charge on any atom is -0.334 e. The molecule has 0 spiro atoms. The highest BCUT2D eigenvalue weighted by atomic mass is 16.2. The van der Waals surface area contributed by atoms with Crippen LogP contribution in [0.25, 0.3) is 10.8 Å². The molecule has 6 nitrogen and oxygen atoms in total. The molecule has 1 aliphatic rings. The fraction of sp³-hybridized carbons (Fsp3) is 0.300. The minimum atomic E-state index is -0.230. The standard InChI is InChI=1S/C20H20N4O2/c25-19(14-24-20(26)17-8-2-1-6-15(17)13-22-24)23-11-4-3-9-18(23)16-7-5-10-21-12-16/h1-2,5-8,10,12-13,18H,3-4,9,11,14H2. The van der Waals surface area contributed by atoms with Crippen molar-refractivity contribution in [2.24, 2.45) is 0 Å². The summed E-state index contributed by atoms with van der Waals surface area (Å²) in [7, 11) is 0. The van der Waals surface area contributed by atoms with E-state index >= 15 is 0 Å². The van der Waals surface area contributed by atoms with Gasteiger partial charge >= 0.3 is 0 Å². The Bertz CT molecular complexity index is 984. The molecule has 0 aliphatic carbocycles. The van der Waals surface area contributed by atoms with Crippen LogP contribution in [0.15, 0.2) is 59.8 Å². The predicted octanol–water partition coefficient (Wildman–Crippen LogP) is 2.55. The second-order valence-corrected chi connectivity index (χ2v) is 6.58. The number of aromatic nitrogens is 3. The molecule has 0 radical (unpaired) electrons. The van der Waals surface area contributed by atoms with Gasteiger partial charge in [0.15, 0.2) is 0 Å². The van der Waals surface area contributed by atoms with E-state index in [2.05, 4.69) is 10.1 Å². The van der Waals surface area contributed by atoms with Crippen molar-refractivity contribution in [3.63, 3.8) is 0 Å². The first-order valence-corrected chi connectivity index (χ1v) is 8.88. The molecule has 0 saturated carbocycles. The predicted molar refractivity (Wildman–Crippen MR) is 98.5 cm³/mol. The Balaban J connectivity index is 1.61. The normalized spacial score (nSPS) is 17.4. The number of amides is 1. The van der Waals surface area contributed by atoms with Gasteiger partial charge in [-0.2, -0.15) is 5.10 Å². The fourth-order valence-corrected chi connectivity index (χ4v) is 3.61. The summed E-state index contributed by atoms with van der Waals surface area (Å²) in [5, 5.41) is 5.55. The summed E-state index contributed by atoms with van der Waals surface area (Å²) in [6.45, 7) is 0.654. The van der Waals surface area contributed by atoms with E-state index in [0.29, 0.717) is 11.9 Å². The molecule has 132 valence electrons. The lowest BCUT2D eigenvalue weighted by molar-refractivity contribution is -0.136. The monoisotopic (exact) mass is 348 g/mol. The van der Waals surface area contributed by atoms with Gasteiger partial charge in [-0.25, -0.2) is 4.68 Å². The Labute approximate surface area is 151 Å². The van der Waals surface area contributed by atoms with Crippen molar-refractivity contribution in [2.75, 3.05) is 6.54 Å². The molecule has 3 aromatic rings. The first-order valence-electron chi connectivity index (χ1n) is 8.88. The van der Waals surface area contributed by atoms with Gasteiger partial charge in [0, 0.05) is 24.3 Å². The summed E-state index contributed by atoms with van der Waals surface area (Å²) in [5.74, 6) is -0.0802. The zero-order valence-electron chi connectivity index (χ0n) is 14.4. The van der Waals surface area contributed by atoms with Gasteiger partial charge in [0.05, 0.1) is 17.6 Å². The van der Waals surface area contributed by atoms with Crippen molar-refractivity contribution in [1.82, 2.24) is 19.7 Å². The van der Waals surface area contributed by atoms with Gasteiger partial charge in [0.25, 0.3) is 5.56 Å². The molecule has 6 heteroatoms. The zero-order valence-corrected chi connectivity index (χ0v) is 14.4. The van der Waals surface area contributed by atoms with E-state index < -0.39 is 0 Å². The van der Waals surface area contributed by atoms with Crippen molar-refractivity contribution in [1.29, 1.82) is 0 Å². The molecule has 1 fully saturated rings. The molecule has 4 rings (SSSR count). The van der Waals surface area contributed by atoms with E-state index in [1.165, 1.54) is 4.68 Å². The van der Waals surface area contributed by atoms with E-state index in [1.807, 2.05) is 41.4 Å². The molecule has 0 N–H and O–H groups in total. The molecule has 3 heterocycles. The third kappa shape index (κ3) is 3.10. The van der Waals surface area contributed by atoms with Crippen molar-refractivity contribution >= 4 is 16.7 Å². The average molecular weight is 348 g/mol. The van der Waals surface area contributed by atoms with Crippen molar-refractivity contribution in [3.05, 3.63) is 70.9 Å². The number of hydrogen-bond donors (Lipinski definition) is 0. The molecule has 1 aliphatic heterocycles. The highest BCUT2D eigenvalue weighted by Crippen LogP contribution is 2.30. The van der Waals surface area contributed by atoms with Crippen molar-refractivity contribution in [3.8, 4) is 0 Å². The van der Waals surface area contributed by atoms with Crippen LogP contribution >= 0.6 is 0 Å². The topological polar surface area (TPSA) is 68.1 Å². The lowest BCUT2D eigenvalue weighted by atomic mass is 9.96. The summed E-state index contributed by atoms with van der Waals surface area (Å²) in [4.78, 5) is 31.6. The van der Waals surface area contributed by atoms with Crippen molar-refractivity contribution < 1.29 is 4.79 Å². The van der Waals surface area contributed by atoms with E-state index in [9.17, 15) is 9.59 Å². The first kappa shape index (κ1) is 16.4. The van der Waals surface area contributed by atoms with Crippen LogP contribution in [-0.4, -0.2) is 32.1 Å². The lowest BCUT2D eigenvalue weighted by Gasteiger charge is -2.36. The number of carbonyl (C=O) groups is 1. The van der Waals surface area contributed by atoms with Crippen LogP contribution in [0, 0.1) is 0 Å². The zero-order chi connectivity index (χ0) is 17.9. The van der Waals surface area contributed by atoms with E-state index in [1.54, 1.807) is 18.5 Å². The van der Waals surface area contributed by atoms with Crippen LogP contribution in [-0.2, 0) is 11.3 Å². The third-order valence-corrected chi connectivity index (χ3v) is 4.94. The number of hydrogen-bond acceptors (Lipinski definition) is 4. The number of carbonyl (C=O) groups excluding carboxylic acids is 1. The number of pyridine rings is 1. The number of fused-ring (bicyclic) bond motifs is 1. The summed E-state index contributed by atoms with van der Waals surface area (Å²) in [5.41, 5.74) is 0.811. The quantitative estimate of drug-likeness (QED) is 0.729. The second kappa shape index (κ2) is 7.07. The van der Waals surface area contributed by atoms with Crippen LogP contribution in [0.3, 0.4) is 0 Å². The van der Waals surface area contributed by atoms with E-state index in [4.69, 9.17) is 0 Å². The van der Waals surface area contributed by atoms with E-state index in [-0.39, 0.29) is 24.1 Å². The minimum absolute atomic E-state index is 0.0149. The largest absolute Gasteiger partial charge is 0.334 e. The number of nitrogens with zero attached hydrogens (tertiary/aromatic N) is 4. The highest BCUT2D eigenvalue weighted by Gasteiger charge is 2.28. The Morgan fingerprint density at radius 3 is 2.85 bits per heavy atom. The number of piperidine rings is 1. The molecular formula is C20H20N4O2. The van der Waals surface area contributed by atoms with Gasteiger partial charge in [-0.15, -0.1) is 0 Å². The molecule has 1 saturated heterocycles. The maximum absolute atomic E-state index is 12.9. The molecule has 2 aromatic heterocycles. The lowest BCUT2D eigenvalue weighted by Crippen LogP contribution is -2.42. The maximum atomic E-state index is 12.9. The fourth-order valence-electron chi connectivity index (χ4n) is 3.61. The number of likely N-dealkylation sites (tertiary alicyclic amines) is 1. The molecule has 1 unspecified atom stereocenters. The molecular weight excluding hydrogens is 328 g/mol. The first-order chi connectivity index (χ1) is 12.7. The highest BCUT2D eigenvalue weighted by molar-refractivity contribution is 5.81. The van der Waals surface area contributed by atoms with Gasteiger partial charge in [-0.05, 0) is 37.0 Å². The van der Waals surface area contributed by atoms with Gasteiger partial charge < -0.3 is 4.90 Å². The van der Waals surface area contributed by atoms with Crippen LogP contribution in [0.4, 0.5) is 0 Å². The Morgan fingerprint density at radius 2 is 2.00 bits per heavy atom. The van der Waals surface area contributed by atoms with E-state index in [0.717, 1.165) is 30.2 Å².